The number of ketones is 1. The van der Waals surface area contributed by atoms with Crippen LogP contribution in [0.5, 0.6) is 0 Å². The van der Waals surface area contributed by atoms with E-state index >= 15 is 0 Å². The number of carbonyl (C=O) groups excluding carboxylic acids is 2. The monoisotopic (exact) mass is 210 g/mol. The molecule has 1 aromatic carbocycles. The van der Waals surface area contributed by atoms with Gasteiger partial charge in [-0.3, -0.25) is 4.79 Å². The molecule has 0 aliphatic rings. The van der Waals surface area contributed by atoms with Crippen LogP contribution in [0.2, 0.25) is 5.02 Å². The van der Waals surface area contributed by atoms with Crippen LogP contribution in [0.25, 0.3) is 0 Å². The molecule has 2 nitrogen and oxygen atoms in total. The molecule has 0 aromatic heterocycles. The third-order valence-electron chi connectivity index (χ3n) is 2.08. The second kappa shape index (κ2) is 4.91. The van der Waals surface area contributed by atoms with E-state index in [1.165, 1.54) is 6.92 Å². The Hall–Kier alpha value is -1.15. The second-order valence-electron chi connectivity index (χ2n) is 3.15. The van der Waals surface area contributed by atoms with Gasteiger partial charge in [-0.25, -0.2) is 0 Å². The fraction of sp³-hybridized carbons (Fsp3) is 0.273. The Kier molecular flexibility index (Phi) is 3.84. The predicted molar refractivity (Wildman–Crippen MR) is 55.4 cm³/mol. The van der Waals surface area contributed by atoms with Crippen LogP contribution in [0, 0.1) is 5.92 Å². The lowest BCUT2D eigenvalue weighted by molar-refractivity contribution is -0.125. The first kappa shape index (κ1) is 10.9. The van der Waals surface area contributed by atoms with Gasteiger partial charge in [0.25, 0.3) is 0 Å². The van der Waals surface area contributed by atoms with E-state index in [2.05, 4.69) is 0 Å². The van der Waals surface area contributed by atoms with E-state index < -0.39 is 5.92 Å². The lowest BCUT2D eigenvalue weighted by Gasteiger charge is -2.07. The minimum absolute atomic E-state index is 0.125. The van der Waals surface area contributed by atoms with Gasteiger partial charge in [0.05, 0.1) is 5.92 Å². The topological polar surface area (TPSA) is 34.1 Å². The molecule has 0 radical (unpaired) electrons. The summed E-state index contributed by atoms with van der Waals surface area (Å²) in [6, 6.07) is 7.22. The van der Waals surface area contributed by atoms with Crippen LogP contribution in [0.15, 0.2) is 24.3 Å². The van der Waals surface area contributed by atoms with Crippen molar-refractivity contribution < 1.29 is 9.59 Å². The van der Waals surface area contributed by atoms with Gasteiger partial charge in [0, 0.05) is 5.02 Å². The molecule has 14 heavy (non-hydrogen) atoms. The summed E-state index contributed by atoms with van der Waals surface area (Å²) in [7, 11) is 0. The Labute approximate surface area is 87.9 Å². The molecule has 74 valence electrons. The van der Waals surface area contributed by atoms with Crippen LogP contribution in [-0.4, -0.2) is 12.1 Å². The molecular formula is C11H11ClO2. The summed E-state index contributed by atoms with van der Waals surface area (Å²) in [6.45, 7) is 1.41. The molecule has 3 heteroatoms. The number of rotatable bonds is 4. The van der Waals surface area contributed by atoms with E-state index in [9.17, 15) is 9.59 Å². The number of Topliss-reactive ketones (excluding diaryl/α,β-unsaturated/α-hetero) is 1. The Morgan fingerprint density at radius 2 is 2.14 bits per heavy atom. The highest BCUT2D eigenvalue weighted by atomic mass is 35.5. The molecule has 0 aliphatic carbocycles. The molecule has 0 aliphatic heterocycles. The quantitative estimate of drug-likeness (QED) is 0.565. The number of benzene rings is 1. The Balaban J connectivity index is 2.82. The molecule has 0 N–H and O–H groups in total. The average molecular weight is 211 g/mol. The standard InChI is InChI=1S/C11H11ClO2/c1-8(14)10(7-13)6-9-4-2-3-5-11(9)12/h2-5,7,10H,6H2,1H3. The Bertz CT molecular complexity index is 347. The maximum atomic E-state index is 11.0. The molecule has 1 rings (SSSR count). The van der Waals surface area contributed by atoms with Crippen LogP contribution in [0.3, 0.4) is 0 Å². The maximum Gasteiger partial charge on any atom is 0.140 e. The van der Waals surface area contributed by atoms with E-state index in [-0.39, 0.29) is 5.78 Å². The second-order valence-corrected chi connectivity index (χ2v) is 3.56. The summed E-state index contributed by atoms with van der Waals surface area (Å²) in [5.41, 5.74) is 0.835. The number of aldehydes is 1. The van der Waals surface area contributed by atoms with Crippen LogP contribution in [-0.2, 0) is 16.0 Å². The largest absolute Gasteiger partial charge is 0.303 e. The van der Waals surface area contributed by atoms with Crippen LogP contribution in [0.1, 0.15) is 12.5 Å². The van der Waals surface area contributed by atoms with Crippen molar-refractivity contribution in [3.63, 3.8) is 0 Å². The highest BCUT2D eigenvalue weighted by Crippen LogP contribution is 2.18. The van der Waals surface area contributed by atoms with E-state index in [1.54, 1.807) is 6.07 Å². The average Bonchev–Trinajstić information content (AvgIpc) is 2.16. The van der Waals surface area contributed by atoms with Crippen molar-refractivity contribution in [3.05, 3.63) is 34.9 Å². The van der Waals surface area contributed by atoms with Gasteiger partial charge in [0.1, 0.15) is 12.1 Å². The number of carbonyl (C=O) groups is 2. The highest BCUT2D eigenvalue weighted by molar-refractivity contribution is 6.31. The fourth-order valence-corrected chi connectivity index (χ4v) is 1.40. The molecule has 0 amide bonds. The summed E-state index contributed by atoms with van der Waals surface area (Å²) in [5, 5.41) is 0.598. The van der Waals surface area contributed by atoms with Gasteiger partial charge in [-0.1, -0.05) is 29.8 Å². The molecule has 1 unspecified atom stereocenters. The van der Waals surface area contributed by atoms with Crippen molar-refractivity contribution in [2.24, 2.45) is 5.92 Å². The Morgan fingerprint density at radius 3 is 2.64 bits per heavy atom. The first-order valence-electron chi connectivity index (χ1n) is 4.34. The first-order valence-corrected chi connectivity index (χ1v) is 4.72. The lowest BCUT2D eigenvalue weighted by atomic mass is 9.97. The van der Waals surface area contributed by atoms with Gasteiger partial charge in [-0.05, 0) is 25.0 Å². The molecule has 0 saturated carbocycles. The van der Waals surface area contributed by atoms with Gasteiger partial charge >= 0.3 is 0 Å². The lowest BCUT2D eigenvalue weighted by Crippen LogP contribution is -2.15. The molecule has 0 bridgehead atoms. The SMILES string of the molecule is CC(=O)C(C=O)Cc1ccccc1Cl. The van der Waals surface area contributed by atoms with Crippen molar-refractivity contribution in [2.75, 3.05) is 0 Å². The number of hydrogen-bond acceptors (Lipinski definition) is 2. The summed E-state index contributed by atoms with van der Waals surface area (Å²) < 4.78 is 0. The van der Waals surface area contributed by atoms with Crippen molar-refractivity contribution >= 4 is 23.7 Å². The zero-order valence-corrected chi connectivity index (χ0v) is 8.62. The van der Waals surface area contributed by atoms with Crippen molar-refractivity contribution in [1.29, 1.82) is 0 Å². The molecule has 0 spiro atoms. The van der Waals surface area contributed by atoms with Gasteiger partial charge in [-0.15, -0.1) is 0 Å². The van der Waals surface area contributed by atoms with Crippen molar-refractivity contribution in [3.8, 4) is 0 Å². The minimum atomic E-state index is -0.574. The molecule has 1 atom stereocenters. The van der Waals surface area contributed by atoms with Gasteiger partial charge in [0.15, 0.2) is 0 Å². The van der Waals surface area contributed by atoms with Crippen molar-refractivity contribution in [2.45, 2.75) is 13.3 Å². The van der Waals surface area contributed by atoms with Crippen LogP contribution < -0.4 is 0 Å². The van der Waals surface area contributed by atoms with Gasteiger partial charge in [-0.2, -0.15) is 0 Å². The van der Waals surface area contributed by atoms with E-state index in [1.807, 2.05) is 18.2 Å². The smallest absolute Gasteiger partial charge is 0.140 e. The van der Waals surface area contributed by atoms with Crippen LogP contribution in [0.4, 0.5) is 0 Å². The summed E-state index contributed by atoms with van der Waals surface area (Å²) >= 11 is 5.90. The summed E-state index contributed by atoms with van der Waals surface area (Å²) in [5.74, 6) is -0.699. The Morgan fingerprint density at radius 1 is 1.50 bits per heavy atom. The van der Waals surface area contributed by atoms with E-state index in [0.29, 0.717) is 17.7 Å². The predicted octanol–water partition coefficient (Wildman–Crippen LogP) is 2.29. The maximum absolute atomic E-state index is 11.0. The summed E-state index contributed by atoms with van der Waals surface area (Å²) in [4.78, 5) is 21.6. The fourth-order valence-electron chi connectivity index (χ4n) is 1.19. The van der Waals surface area contributed by atoms with E-state index in [0.717, 1.165) is 5.56 Å². The van der Waals surface area contributed by atoms with E-state index in [4.69, 9.17) is 11.6 Å². The van der Waals surface area contributed by atoms with Crippen molar-refractivity contribution in [1.82, 2.24) is 0 Å². The third-order valence-corrected chi connectivity index (χ3v) is 2.45. The molecule has 1 aromatic rings. The minimum Gasteiger partial charge on any atom is -0.303 e. The number of hydrogen-bond donors (Lipinski definition) is 0. The normalized spacial score (nSPS) is 12.1. The van der Waals surface area contributed by atoms with Gasteiger partial charge in [0.2, 0.25) is 0 Å². The molecular weight excluding hydrogens is 200 g/mol. The number of halogens is 1. The third kappa shape index (κ3) is 2.67. The highest BCUT2D eigenvalue weighted by Gasteiger charge is 2.14. The first-order chi connectivity index (χ1) is 6.65. The van der Waals surface area contributed by atoms with Gasteiger partial charge < -0.3 is 4.79 Å². The zero-order valence-electron chi connectivity index (χ0n) is 7.87. The van der Waals surface area contributed by atoms with Crippen LogP contribution >= 0.6 is 11.6 Å². The zero-order chi connectivity index (χ0) is 10.6. The molecule has 0 heterocycles. The molecule has 0 saturated heterocycles. The molecule has 0 fully saturated rings. The summed E-state index contributed by atoms with van der Waals surface area (Å²) in [6.07, 6.45) is 1.06.